The molecule has 0 fully saturated rings. The molecule has 0 bridgehead atoms. The summed E-state index contributed by atoms with van der Waals surface area (Å²) < 4.78 is 0. The molecule has 2 rings (SSSR count). The van der Waals surface area contributed by atoms with Gasteiger partial charge in [0.2, 0.25) is 0 Å². The van der Waals surface area contributed by atoms with Crippen molar-refractivity contribution >= 4 is 17.5 Å². The minimum atomic E-state index is -1.08. The van der Waals surface area contributed by atoms with Crippen LogP contribution in [0.4, 0.5) is 0 Å². The van der Waals surface area contributed by atoms with Crippen molar-refractivity contribution in [3.05, 3.63) is 59.2 Å². The monoisotopic (exact) mass is 242 g/mol. The molecule has 18 heavy (non-hydrogen) atoms. The third-order valence-corrected chi connectivity index (χ3v) is 2.61. The zero-order valence-corrected chi connectivity index (χ0v) is 9.42. The number of carbonyl (C=O) groups excluding carboxylic acids is 2. The summed E-state index contributed by atoms with van der Waals surface area (Å²) in [6, 6.07) is 5.83. The van der Waals surface area contributed by atoms with Crippen LogP contribution in [-0.2, 0) is 4.79 Å². The highest BCUT2D eigenvalue weighted by atomic mass is 16.4. The molecule has 0 heterocycles. The topological polar surface area (TPSA) is 71.4 Å². The Labute approximate surface area is 103 Å². The first kappa shape index (κ1) is 12.0. The Morgan fingerprint density at radius 1 is 1.11 bits per heavy atom. The van der Waals surface area contributed by atoms with Crippen molar-refractivity contribution in [1.82, 2.24) is 0 Å². The quantitative estimate of drug-likeness (QED) is 0.823. The molecule has 1 aliphatic carbocycles. The average Bonchev–Trinajstić information content (AvgIpc) is 2.39. The van der Waals surface area contributed by atoms with E-state index in [1.54, 1.807) is 12.1 Å². The Kier molecular flexibility index (Phi) is 3.19. The minimum Gasteiger partial charge on any atom is -0.478 e. The summed E-state index contributed by atoms with van der Waals surface area (Å²) >= 11 is 0. The Bertz CT molecular complexity index is 594. The van der Waals surface area contributed by atoms with Crippen LogP contribution in [0.3, 0.4) is 0 Å². The first-order chi connectivity index (χ1) is 8.58. The summed E-state index contributed by atoms with van der Waals surface area (Å²) in [4.78, 5) is 33.9. The summed E-state index contributed by atoms with van der Waals surface area (Å²) in [6.07, 6.45) is 4.57. The van der Waals surface area contributed by atoms with Gasteiger partial charge in [-0.2, -0.15) is 0 Å². The molecule has 1 aromatic rings. The highest BCUT2D eigenvalue weighted by molar-refractivity contribution is 6.13. The Hall–Kier alpha value is -2.49. The number of Topliss-reactive ketones (excluding diaryl/α,β-unsaturated/α-hetero) is 1. The molecule has 0 spiro atoms. The van der Waals surface area contributed by atoms with E-state index in [1.165, 1.54) is 30.4 Å². The Morgan fingerprint density at radius 2 is 1.83 bits per heavy atom. The van der Waals surface area contributed by atoms with E-state index in [0.717, 1.165) is 0 Å². The van der Waals surface area contributed by atoms with Crippen LogP contribution in [-0.4, -0.2) is 22.6 Å². The fraction of sp³-hybridized carbons (Fsp3) is 0.0714. The number of rotatable bonds is 3. The number of carboxylic acid groups (broad SMARTS) is 1. The van der Waals surface area contributed by atoms with E-state index in [4.69, 9.17) is 5.11 Å². The molecule has 1 aliphatic rings. The predicted octanol–water partition coefficient (Wildman–Crippen LogP) is 2.02. The first-order valence-electron chi connectivity index (χ1n) is 5.37. The van der Waals surface area contributed by atoms with Crippen LogP contribution >= 0.6 is 0 Å². The SMILES string of the molecule is O=C1C=CC(C(=O)c2cccc(C(=O)O)c2)=CC1. The second-order valence-corrected chi connectivity index (χ2v) is 3.88. The maximum Gasteiger partial charge on any atom is 0.335 e. The van der Waals surface area contributed by atoms with Gasteiger partial charge in [0.05, 0.1) is 5.56 Å². The molecule has 0 unspecified atom stereocenters. The minimum absolute atomic E-state index is 0.0502. The van der Waals surface area contributed by atoms with E-state index in [9.17, 15) is 14.4 Å². The van der Waals surface area contributed by atoms with Crippen molar-refractivity contribution in [2.24, 2.45) is 0 Å². The second kappa shape index (κ2) is 4.79. The van der Waals surface area contributed by atoms with Crippen molar-refractivity contribution in [1.29, 1.82) is 0 Å². The van der Waals surface area contributed by atoms with Gasteiger partial charge < -0.3 is 5.11 Å². The summed E-state index contributed by atoms with van der Waals surface area (Å²) in [7, 11) is 0. The van der Waals surface area contributed by atoms with Gasteiger partial charge in [0.15, 0.2) is 11.6 Å². The maximum absolute atomic E-state index is 12.1. The van der Waals surface area contributed by atoms with Gasteiger partial charge in [0.25, 0.3) is 0 Å². The molecule has 90 valence electrons. The number of aromatic carboxylic acids is 1. The normalized spacial score (nSPS) is 14.2. The number of hydrogen-bond acceptors (Lipinski definition) is 3. The van der Waals surface area contributed by atoms with Crippen LogP contribution in [0.1, 0.15) is 27.1 Å². The van der Waals surface area contributed by atoms with E-state index in [2.05, 4.69) is 0 Å². The van der Waals surface area contributed by atoms with Gasteiger partial charge in [0, 0.05) is 17.6 Å². The van der Waals surface area contributed by atoms with Crippen LogP contribution in [0.5, 0.6) is 0 Å². The molecule has 1 aromatic carbocycles. The third-order valence-electron chi connectivity index (χ3n) is 2.61. The van der Waals surface area contributed by atoms with Crippen molar-refractivity contribution < 1.29 is 19.5 Å². The van der Waals surface area contributed by atoms with E-state index in [1.807, 2.05) is 0 Å². The van der Waals surface area contributed by atoms with Crippen LogP contribution in [0, 0.1) is 0 Å². The number of benzene rings is 1. The number of carbonyl (C=O) groups is 3. The fourth-order valence-electron chi connectivity index (χ4n) is 1.66. The van der Waals surface area contributed by atoms with Gasteiger partial charge in [-0.1, -0.05) is 18.2 Å². The molecule has 0 aliphatic heterocycles. The van der Waals surface area contributed by atoms with Crippen molar-refractivity contribution in [3.8, 4) is 0 Å². The lowest BCUT2D eigenvalue weighted by Gasteiger charge is -2.06. The fourth-order valence-corrected chi connectivity index (χ4v) is 1.66. The summed E-state index contributed by atoms with van der Waals surface area (Å²) in [5.74, 6) is -1.40. The van der Waals surface area contributed by atoms with Crippen molar-refractivity contribution in [2.75, 3.05) is 0 Å². The predicted molar refractivity (Wildman–Crippen MR) is 64.6 cm³/mol. The molecule has 4 nitrogen and oxygen atoms in total. The van der Waals surface area contributed by atoms with E-state index in [0.29, 0.717) is 11.1 Å². The number of ketones is 2. The number of hydrogen-bond donors (Lipinski definition) is 1. The highest BCUT2D eigenvalue weighted by Gasteiger charge is 2.14. The van der Waals surface area contributed by atoms with E-state index < -0.39 is 5.97 Å². The Balaban J connectivity index is 2.30. The molecule has 4 heteroatoms. The molecular formula is C14H10O4. The summed E-state index contributed by atoms with van der Waals surface area (Å²) in [5, 5.41) is 8.85. The van der Waals surface area contributed by atoms with Gasteiger partial charge in [0.1, 0.15) is 0 Å². The maximum atomic E-state index is 12.1. The van der Waals surface area contributed by atoms with Crippen LogP contribution < -0.4 is 0 Å². The average molecular weight is 242 g/mol. The van der Waals surface area contributed by atoms with Crippen LogP contribution in [0.25, 0.3) is 0 Å². The van der Waals surface area contributed by atoms with E-state index in [-0.39, 0.29) is 23.6 Å². The van der Waals surface area contributed by atoms with Gasteiger partial charge in [-0.05, 0) is 24.3 Å². The van der Waals surface area contributed by atoms with Gasteiger partial charge in [-0.15, -0.1) is 0 Å². The molecule has 0 radical (unpaired) electrons. The first-order valence-corrected chi connectivity index (χ1v) is 5.37. The highest BCUT2D eigenvalue weighted by Crippen LogP contribution is 2.15. The molecule has 1 N–H and O–H groups in total. The lowest BCUT2D eigenvalue weighted by atomic mass is 9.97. The Morgan fingerprint density at radius 3 is 2.44 bits per heavy atom. The summed E-state index contributed by atoms with van der Waals surface area (Å²) in [5.41, 5.74) is 0.787. The number of carboxylic acids is 1. The van der Waals surface area contributed by atoms with Crippen LogP contribution in [0.2, 0.25) is 0 Å². The zero-order chi connectivity index (χ0) is 13.1. The van der Waals surface area contributed by atoms with Crippen molar-refractivity contribution in [2.45, 2.75) is 6.42 Å². The molecule has 0 saturated carbocycles. The van der Waals surface area contributed by atoms with Gasteiger partial charge >= 0.3 is 5.97 Å². The third kappa shape index (κ3) is 2.43. The van der Waals surface area contributed by atoms with Gasteiger partial charge in [-0.25, -0.2) is 4.79 Å². The number of allylic oxidation sites excluding steroid dienone is 4. The van der Waals surface area contributed by atoms with Gasteiger partial charge in [-0.3, -0.25) is 9.59 Å². The second-order valence-electron chi connectivity index (χ2n) is 3.88. The zero-order valence-electron chi connectivity index (χ0n) is 9.42. The molecular weight excluding hydrogens is 232 g/mol. The molecule has 0 aromatic heterocycles. The molecule has 0 saturated heterocycles. The summed E-state index contributed by atoms with van der Waals surface area (Å²) in [6.45, 7) is 0. The van der Waals surface area contributed by atoms with Crippen LogP contribution in [0.15, 0.2) is 48.1 Å². The smallest absolute Gasteiger partial charge is 0.335 e. The van der Waals surface area contributed by atoms with E-state index >= 15 is 0 Å². The standard InChI is InChI=1S/C14H10O4/c15-12-6-4-9(5-7-12)13(16)10-2-1-3-11(8-10)14(17)18/h1-6,8H,7H2,(H,17,18). The lowest BCUT2D eigenvalue weighted by molar-refractivity contribution is -0.113. The largest absolute Gasteiger partial charge is 0.478 e. The molecule has 0 amide bonds. The van der Waals surface area contributed by atoms with Crippen molar-refractivity contribution in [3.63, 3.8) is 0 Å². The molecule has 0 atom stereocenters. The lowest BCUT2D eigenvalue weighted by Crippen LogP contribution is -2.07.